The molecule has 8 nitrogen and oxygen atoms in total. The summed E-state index contributed by atoms with van der Waals surface area (Å²) < 4.78 is 5.04. The molecule has 0 heterocycles. The van der Waals surface area contributed by atoms with Crippen LogP contribution in [-0.2, 0) is 28.7 Å². The lowest BCUT2D eigenvalue weighted by Crippen LogP contribution is -2.15. The number of carboxylic acids is 1. The van der Waals surface area contributed by atoms with Gasteiger partial charge in [0.1, 0.15) is 11.6 Å². The minimum absolute atomic E-state index is 0.0696. The first-order valence-electron chi connectivity index (χ1n) is 11.1. The van der Waals surface area contributed by atoms with Gasteiger partial charge in [0.15, 0.2) is 0 Å². The van der Waals surface area contributed by atoms with Gasteiger partial charge in [-0.15, -0.1) is 0 Å². The summed E-state index contributed by atoms with van der Waals surface area (Å²) in [5.74, 6) is -1.49. The molecule has 2 N–H and O–H groups in total. The first-order valence-corrected chi connectivity index (χ1v) is 11.1. The third-order valence-corrected chi connectivity index (χ3v) is 3.22. The van der Waals surface area contributed by atoms with Crippen LogP contribution < -0.4 is 5.32 Å². The average molecular weight is 502 g/mol. The molecule has 36 heavy (non-hydrogen) atoms. The molecule has 1 aromatic rings. The number of benzene rings is 1. The van der Waals surface area contributed by atoms with E-state index in [1.165, 1.54) is 34.6 Å². The van der Waals surface area contributed by atoms with Gasteiger partial charge in [0.2, 0.25) is 5.91 Å². The molecular weight excluding hydrogens is 462 g/mol. The second kappa shape index (κ2) is 24.1. The van der Waals surface area contributed by atoms with Crippen LogP contribution in [0.4, 0.5) is 0 Å². The van der Waals surface area contributed by atoms with E-state index in [9.17, 15) is 24.0 Å². The summed E-state index contributed by atoms with van der Waals surface area (Å²) in [5, 5.41) is 10.5. The predicted octanol–water partition coefficient (Wildman–Crippen LogP) is 5.07. The fourth-order valence-electron chi connectivity index (χ4n) is 1.53. The van der Waals surface area contributed by atoms with Gasteiger partial charge in [-0.05, 0) is 58.8 Å². The Balaban J connectivity index is -0.000000489. The monoisotopic (exact) mass is 501 g/mol. The van der Waals surface area contributed by atoms with Crippen LogP contribution in [0.15, 0.2) is 73.0 Å². The number of nitrogens with one attached hydrogen (secondary N) is 1. The van der Waals surface area contributed by atoms with Crippen LogP contribution in [0.1, 0.15) is 59.9 Å². The molecule has 0 aromatic heterocycles. The standard InChI is InChI=1S/C15H18O2.C7H9NO3.2C3H6O/c1-3-4-12-17-15(16)13(2)10-11-14-8-6-5-7-9-14;1-3-6(9)8-4-5(2)7(10)11;2*1-3(2)4/h5-11H,2-4,12H2,1H3;3-4H,1H2,2H3,(H,8,9)(H,10,11);2*1-2H3. The molecule has 8 heteroatoms. The van der Waals surface area contributed by atoms with Gasteiger partial charge in [0.05, 0.1) is 12.2 Å². The molecular formula is C28H39NO7. The number of hydrogen-bond donors (Lipinski definition) is 2. The van der Waals surface area contributed by atoms with Crippen molar-refractivity contribution < 1.29 is 33.8 Å². The Bertz CT molecular complexity index is 893. The summed E-state index contributed by atoms with van der Waals surface area (Å²) in [6.07, 6.45) is 7.62. The van der Waals surface area contributed by atoms with Crippen LogP contribution in [0.3, 0.4) is 0 Å². The van der Waals surface area contributed by atoms with Crippen molar-refractivity contribution in [1.29, 1.82) is 0 Å². The number of ketones is 2. The summed E-state index contributed by atoms with van der Waals surface area (Å²) in [7, 11) is 0. The first-order chi connectivity index (χ1) is 16.8. The summed E-state index contributed by atoms with van der Waals surface area (Å²) >= 11 is 0. The van der Waals surface area contributed by atoms with Crippen molar-refractivity contribution in [2.45, 2.75) is 54.4 Å². The van der Waals surface area contributed by atoms with Crippen LogP contribution in [0.2, 0.25) is 0 Å². The molecule has 0 saturated heterocycles. The number of hydrogen-bond acceptors (Lipinski definition) is 6. The topological polar surface area (TPSA) is 127 Å². The number of carboxylic acid groups (broad SMARTS) is 1. The number of esters is 1. The molecule has 1 rings (SSSR count). The number of carbonyl (C=O) groups is 5. The van der Waals surface area contributed by atoms with Gasteiger partial charge in [-0.25, -0.2) is 9.59 Å². The summed E-state index contributed by atoms with van der Waals surface area (Å²) in [4.78, 5) is 51.0. The predicted molar refractivity (Wildman–Crippen MR) is 143 cm³/mol. The van der Waals surface area contributed by atoms with E-state index in [0.717, 1.165) is 30.7 Å². The molecule has 0 unspecified atom stereocenters. The average Bonchev–Trinajstić information content (AvgIpc) is 2.81. The molecule has 1 amide bonds. The number of ether oxygens (including phenoxy) is 1. The number of aliphatic carboxylic acids is 1. The largest absolute Gasteiger partial charge is 0.478 e. The molecule has 0 aliphatic carbocycles. The van der Waals surface area contributed by atoms with Crippen molar-refractivity contribution in [1.82, 2.24) is 5.32 Å². The molecule has 198 valence electrons. The van der Waals surface area contributed by atoms with Crippen molar-refractivity contribution in [3.05, 3.63) is 78.6 Å². The molecule has 0 spiro atoms. The number of unbranched alkanes of at least 4 members (excludes halogenated alkanes) is 1. The molecule has 0 fully saturated rings. The normalized spacial score (nSPS) is 9.56. The van der Waals surface area contributed by atoms with Gasteiger partial charge in [-0.1, -0.05) is 62.9 Å². The van der Waals surface area contributed by atoms with Gasteiger partial charge < -0.3 is 24.7 Å². The summed E-state index contributed by atoms with van der Waals surface area (Å²) in [6.45, 7) is 16.9. The van der Waals surface area contributed by atoms with E-state index in [0.29, 0.717) is 12.2 Å². The van der Waals surface area contributed by atoms with Gasteiger partial charge in [-0.2, -0.15) is 0 Å². The van der Waals surface area contributed by atoms with E-state index in [-0.39, 0.29) is 23.1 Å². The van der Waals surface area contributed by atoms with Gasteiger partial charge in [0, 0.05) is 11.8 Å². The van der Waals surface area contributed by atoms with Crippen LogP contribution in [0, 0.1) is 0 Å². The molecule has 0 radical (unpaired) electrons. The van der Waals surface area contributed by atoms with E-state index in [2.05, 4.69) is 25.4 Å². The van der Waals surface area contributed by atoms with Crippen molar-refractivity contribution in [3.63, 3.8) is 0 Å². The highest BCUT2D eigenvalue weighted by Gasteiger charge is 2.04. The smallest absolute Gasteiger partial charge is 0.337 e. The van der Waals surface area contributed by atoms with E-state index >= 15 is 0 Å². The fraction of sp³-hybridized carbons (Fsp3) is 0.321. The Morgan fingerprint density at radius 3 is 1.89 bits per heavy atom. The zero-order valence-electron chi connectivity index (χ0n) is 22.1. The SMILES string of the molecule is C=C(C=Cc1ccccc1)C(=O)OCCCC.C=CC(=O)NC=C(C)C(=O)O.CC(C)=O.CC(C)=O. The molecule has 0 atom stereocenters. The maximum atomic E-state index is 11.5. The van der Waals surface area contributed by atoms with Crippen molar-refractivity contribution in [2.75, 3.05) is 6.61 Å². The zero-order chi connectivity index (χ0) is 28.5. The molecule has 0 bridgehead atoms. The number of carbonyl (C=O) groups excluding carboxylic acids is 4. The third kappa shape index (κ3) is 29.9. The van der Waals surface area contributed by atoms with Crippen LogP contribution >= 0.6 is 0 Å². The van der Waals surface area contributed by atoms with E-state index in [1.807, 2.05) is 36.4 Å². The maximum absolute atomic E-state index is 11.5. The third-order valence-electron chi connectivity index (χ3n) is 3.22. The van der Waals surface area contributed by atoms with Gasteiger partial charge in [-0.3, -0.25) is 4.79 Å². The Hall–Kier alpha value is -4.07. The van der Waals surface area contributed by atoms with Crippen LogP contribution in [-0.4, -0.2) is 41.1 Å². The van der Waals surface area contributed by atoms with E-state index < -0.39 is 11.9 Å². The minimum Gasteiger partial charge on any atom is -0.478 e. The summed E-state index contributed by atoms with van der Waals surface area (Å²) in [6, 6.07) is 9.77. The minimum atomic E-state index is -1.06. The second-order valence-electron chi connectivity index (χ2n) is 7.42. The van der Waals surface area contributed by atoms with Crippen LogP contribution in [0.25, 0.3) is 6.08 Å². The Kier molecular flexibility index (Phi) is 24.4. The van der Waals surface area contributed by atoms with Crippen molar-refractivity contribution in [2.24, 2.45) is 0 Å². The highest BCUT2D eigenvalue weighted by atomic mass is 16.5. The zero-order valence-corrected chi connectivity index (χ0v) is 22.1. The van der Waals surface area contributed by atoms with Gasteiger partial charge >= 0.3 is 11.9 Å². The van der Waals surface area contributed by atoms with E-state index in [1.54, 1.807) is 6.08 Å². The quantitative estimate of drug-likeness (QED) is 0.209. The Morgan fingerprint density at radius 2 is 1.47 bits per heavy atom. The number of Topliss-reactive ketones (excluding diaryl/α,β-unsaturated/α-hetero) is 2. The summed E-state index contributed by atoms with van der Waals surface area (Å²) in [5.41, 5.74) is 1.49. The Morgan fingerprint density at radius 1 is 0.972 bits per heavy atom. The molecule has 0 aliphatic heterocycles. The van der Waals surface area contributed by atoms with Crippen LogP contribution in [0.5, 0.6) is 0 Å². The molecule has 0 saturated carbocycles. The van der Waals surface area contributed by atoms with Gasteiger partial charge in [0.25, 0.3) is 0 Å². The van der Waals surface area contributed by atoms with Crippen molar-refractivity contribution in [3.8, 4) is 0 Å². The number of amides is 1. The molecule has 1 aromatic carbocycles. The lowest BCUT2D eigenvalue weighted by atomic mass is 10.2. The highest BCUT2D eigenvalue weighted by Crippen LogP contribution is 2.05. The Labute approximate surface area is 214 Å². The lowest BCUT2D eigenvalue weighted by Gasteiger charge is -2.02. The first kappa shape index (κ1) is 36.5. The number of rotatable bonds is 9. The second-order valence-corrected chi connectivity index (χ2v) is 7.42. The molecule has 0 aliphatic rings. The highest BCUT2D eigenvalue weighted by molar-refractivity contribution is 5.92. The lowest BCUT2D eigenvalue weighted by molar-refractivity contribution is -0.138. The fourth-order valence-corrected chi connectivity index (χ4v) is 1.53. The maximum Gasteiger partial charge on any atom is 0.337 e. The van der Waals surface area contributed by atoms with E-state index in [4.69, 9.17) is 9.84 Å². The van der Waals surface area contributed by atoms with Crippen molar-refractivity contribution >= 4 is 35.5 Å².